The molecule has 1 aromatic heterocycles. The number of anilines is 1. The number of pyridine rings is 1. The number of nitrogens with zero attached hydrogens (tertiary/aromatic N) is 2. The molecule has 1 aliphatic rings. The van der Waals surface area contributed by atoms with Crippen LogP contribution in [0.2, 0.25) is 0 Å². The maximum atomic E-state index is 5.44. The first-order valence-electron chi connectivity index (χ1n) is 6.99. The summed E-state index contributed by atoms with van der Waals surface area (Å²) in [6, 6.07) is 4.67. The van der Waals surface area contributed by atoms with Gasteiger partial charge in [-0.15, -0.1) is 0 Å². The van der Waals surface area contributed by atoms with E-state index in [0.717, 1.165) is 24.0 Å². The molecule has 0 radical (unpaired) electrons. The van der Waals surface area contributed by atoms with Crippen LogP contribution in [0.4, 0.5) is 5.69 Å². The predicted octanol–water partition coefficient (Wildman–Crippen LogP) is 2.52. The Morgan fingerprint density at radius 1 is 1.50 bits per heavy atom. The quantitative estimate of drug-likeness (QED) is 0.621. The number of aromatic nitrogens is 1. The van der Waals surface area contributed by atoms with E-state index in [1.54, 1.807) is 0 Å². The molecule has 0 bridgehead atoms. The summed E-state index contributed by atoms with van der Waals surface area (Å²) in [5.41, 5.74) is 4.72. The Balaban J connectivity index is 2.01. The van der Waals surface area contributed by atoms with Crippen LogP contribution in [0.1, 0.15) is 44.7 Å². The number of nitrogen functional groups attached to an aromatic ring is 1. The first-order valence-corrected chi connectivity index (χ1v) is 6.99. The molecule has 0 aliphatic carbocycles. The SMILES string of the molecule is CCCC1CCCCN1Cc1cc(NN)ccn1. The second kappa shape index (κ2) is 6.71. The maximum Gasteiger partial charge on any atom is 0.0565 e. The highest BCUT2D eigenvalue weighted by atomic mass is 15.2. The molecule has 0 spiro atoms. The number of hydrazine groups is 1. The minimum Gasteiger partial charge on any atom is -0.324 e. The highest BCUT2D eigenvalue weighted by Crippen LogP contribution is 2.22. The largest absolute Gasteiger partial charge is 0.324 e. The van der Waals surface area contributed by atoms with E-state index in [4.69, 9.17) is 5.84 Å². The molecule has 1 unspecified atom stereocenters. The normalized spacial score (nSPS) is 20.9. The molecule has 0 saturated carbocycles. The van der Waals surface area contributed by atoms with E-state index in [1.165, 1.54) is 38.6 Å². The zero-order valence-corrected chi connectivity index (χ0v) is 11.2. The summed E-state index contributed by atoms with van der Waals surface area (Å²) >= 11 is 0. The standard InChI is InChI=1S/C14H24N4/c1-2-5-14-6-3-4-9-18(14)11-13-10-12(17-15)7-8-16-13/h7-8,10,14H,2-6,9,11,15H2,1H3,(H,16,17). The van der Waals surface area contributed by atoms with Crippen molar-refractivity contribution in [3.05, 3.63) is 24.0 Å². The van der Waals surface area contributed by atoms with Crippen molar-refractivity contribution in [1.29, 1.82) is 0 Å². The van der Waals surface area contributed by atoms with Crippen molar-refractivity contribution < 1.29 is 0 Å². The lowest BCUT2D eigenvalue weighted by molar-refractivity contribution is 0.130. The molecule has 3 N–H and O–H groups in total. The fourth-order valence-corrected chi connectivity index (χ4v) is 2.79. The third-order valence-electron chi connectivity index (χ3n) is 3.72. The lowest BCUT2D eigenvalue weighted by Gasteiger charge is -2.35. The summed E-state index contributed by atoms with van der Waals surface area (Å²) in [6.45, 7) is 4.41. The summed E-state index contributed by atoms with van der Waals surface area (Å²) < 4.78 is 0. The van der Waals surface area contributed by atoms with E-state index >= 15 is 0 Å². The first kappa shape index (κ1) is 13.3. The van der Waals surface area contributed by atoms with Crippen LogP contribution in [0, 0.1) is 0 Å². The van der Waals surface area contributed by atoms with Crippen LogP contribution in [0.25, 0.3) is 0 Å². The molecular formula is C14H24N4. The number of likely N-dealkylation sites (tertiary alicyclic amines) is 1. The van der Waals surface area contributed by atoms with Crippen molar-refractivity contribution in [2.45, 2.75) is 51.6 Å². The van der Waals surface area contributed by atoms with Crippen molar-refractivity contribution in [2.75, 3.05) is 12.0 Å². The van der Waals surface area contributed by atoms with Gasteiger partial charge in [0.25, 0.3) is 0 Å². The van der Waals surface area contributed by atoms with Crippen molar-refractivity contribution in [2.24, 2.45) is 5.84 Å². The lowest BCUT2D eigenvalue weighted by Crippen LogP contribution is -2.39. The molecule has 2 heterocycles. The Labute approximate surface area is 110 Å². The molecule has 1 aromatic rings. The van der Waals surface area contributed by atoms with Crippen LogP contribution < -0.4 is 11.3 Å². The summed E-state index contributed by atoms with van der Waals surface area (Å²) in [5, 5.41) is 0. The van der Waals surface area contributed by atoms with Crippen LogP contribution in [0.15, 0.2) is 18.3 Å². The van der Waals surface area contributed by atoms with Gasteiger partial charge >= 0.3 is 0 Å². The van der Waals surface area contributed by atoms with Gasteiger partial charge < -0.3 is 5.43 Å². The third-order valence-corrected chi connectivity index (χ3v) is 3.72. The molecule has 18 heavy (non-hydrogen) atoms. The predicted molar refractivity (Wildman–Crippen MR) is 75.0 cm³/mol. The van der Waals surface area contributed by atoms with Crippen molar-refractivity contribution in [3.63, 3.8) is 0 Å². The van der Waals surface area contributed by atoms with Crippen LogP contribution >= 0.6 is 0 Å². The van der Waals surface area contributed by atoms with Gasteiger partial charge in [0.2, 0.25) is 0 Å². The van der Waals surface area contributed by atoms with Crippen molar-refractivity contribution in [1.82, 2.24) is 9.88 Å². The van der Waals surface area contributed by atoms with E-state index < -0.39 is 0 Å². The Morgan fingerprint density at radius 2 is 2.39 bits per heavy atom. The monoisotopic (exact) mass is 248 g/mol. The number of nitrogens with two attached hydrogens (primary N) is 1. The fraction of sp³-hybridized carbons (Fsp3) is 0.643. The Kier molecular flexibility index (Phi) is 4.96. The van der Waals surface area contributed by atoms with Gasteiger partial charge in [0.1, 0.15) is 0 Å². The molecule has 2 rings (SSSR count). The van der Waals surface area contributed by atoms with Crippen LogP contribution in [-0.2, 0) is 6.54 Å². The smallest absolute Gasteiger partial charge is 0.0565 e. The fourth-order valence-electron chi connectivity index (χ4n) is 2.79. The van der Waals surface area contributed by atoms with E-state index in [9.17, 15) is 0 Å². The molecule has 4 nitrogen and oxygen atoms in total. The van der Waals surface area contributed by atoms with Crippen LogP contribution in [0.3, 0.4) is 0 Å². The molecule has 0 aromatic carbocycles. The zero-order chi connectivity index (χ0) is 12.8. The third kappa shape index (κ3) is 3.43. The van der Waals surface area contributed by atoms with Gasteiger partial charge in [-0.2, -0.15) is 0 Å². The van der Waals surface area contributed by atoms with Crippen molar-refractivity contribution in [3.8, 4) is 0 Å². The second-order valence-electron chi connectivity index (χ2n) is 5.09. The van der Waals surface area contributed by atoms with E-state index in [0.29, 0.717) is 0 Å². The van der Waals surface area contributed by atoms with Gasteiger partial charge in [0, 0.05) is 18.8 Å². The summed E-state index contributed by atoms with van der Waals surface area (Å²) in [7, 11) is 0. The highest BCUT2D eigenvalue weighted by molar-refractivity contribution is 5.41. The minimum atomic E-state index is 0.736. The molecule has 1 atom stereocenters. The van der Waals surface area contributed by atoms with E-state index in [1.807, 2.05) is 18.3 Å². The molecule has 4 heteroatoms. The van der Waals surface area contributed by atoms with Crippen LogP contribution in [-0.4, -0.2) is 22.5 Å². The minimum absolute atomic E-state index is 0.736. The average molecular weight is 248 g/mol. The number of piperidine rings is 1. The highest BCUT2D eigenvalue weighted by Gasteiger charge is 2.21. The molecule has 100 valence electrons. The Bertz CT molecular complexity index is 365. The Hall–Kier alpha value is -1.13. The Morgan fingerprint density at radius 3 is 3.17 bits per heavy atom. The summed E-state index contributed by atoms with van der Waals surface area (Å²) in [4.78, 5) is 7.02. The van der Waals surface area contributed by atoms with Crippen LogP contribution in [0.5, 0.6) is 0 Å². The topological polar surface area (TPSA) is 54.2 Å². The summed E-state index contributed by atoms with van der Waals surface area (Å²) in [5.74, 6) is 5.44. The molecule has 1 aliphatic heterocycles. The molecule has 1 fully saturated rings. The maximum absolute atomic E-state index is 5.44. The van der Waals surface area contributed by atoms with Gasteiger partial charge in [-0.3, -0.25) is 15.7 Å². The van der Waals surface area contributed by atoms with Gasteiger partial charge in [0.15, 0.2) is 0 Å². The van der Waals surface area contributed by atoms with Gasteiger partial charge in [-0.25, -0.2) is 0 Å². The van der Waals surface area contributed by atoms with Gasteiger partial charge in [-0.1, -0.05) is 19.8 Å². The number of hydrogen-bond donors (Lipinski definition) is 2. The van der Waals surface area contributed by atoms with Gasteiger partial charge in [-0.05, 0) is 37.9 Å². The van der Waals surface area contributed by atoms with Crippen molar-refractivity contribution >= 4 is 5.69 Å². The van der Waals surface area contributed by atoms with E-state index in [-0.39, 0.29) is 0 Å². The zero-order valence-electron chi connectivity index (χ0n) is 11.2. The number of rotatable bonds is 5. The molecular weight excluding hydrogens is 224 g/mol. The van der Waals surface area contributed by atoms with E-state index in [2.05, 4.69) is 22.2 Å². The van der Waals surface area contributed by atoms with Gasteiger partial charge in [0.05, 0.1) is 11.4 Å². The molecule has 0 amide bonds. The summed E-state index contributed by atoms with van der Waals surface area (Å²) in [6.07, 6.45) is 8.41. The second-order valence-corrected chi connectivity index (χ2v) is 5.09. The lowest BCUT2D eigenvalue weighted by atomic mass is 9.98. The average Bonchev–Trinajstić information content (AvgIpc) is 2.41. The number of nitrogens with one attached hydrogen (secondary N) is 1. The first-order chi connectivity index (χ1) is 8.83. The number of hydrogen-bond acceptors (Lipinski definition) is 4. The molecule has 1 saturated heterocycles.